The summed E-state index contributed by atoms with van der Waals surface area (Å²) in [6, 6.07) is 0. The summed E-state index contributed by atoms with van der Waals surface area (Å²) in [6.45, 7) is 11.9. The molecule has 354 valence electrons. The second kappa shape index (κ2) is 22.8. The Hall–Kier alpha value is -3.93. The summed E-state index contributed by atoms with van der Waals surface area (Å²) >= 11 is 0. The van der Waals surface area contributed by atoms with Crippen molar-refractivity contribution in [2.75, 3.05) is 14.2 Å². The van der Waals surface area contributed by atoms with Gasteiger partial charge in [-0.2, -0.15) is 0 Å². The van der Waals surface area contributed by atoms with Crippen molar-refractivity contribution in [3.8, 4) is 0 Å². The van der Waals surface area contributed by atoms with Gasteiger partial charge in [0.15, 0.2) is 5.79 Å². The van der Waals surface area contributed by atoms with E-state index in [0.29, 0.717) is 5.57 Å². The molecule has 12 atom stereocenters. The minimum atomic E-state index is -2.00. The highest BCUT2D eigenvalue weighted by Gasteiger charge is 2.58. The molecule has 0 aliphatic carbocycles. The first-order valence-electron chi connectivity index (χ1n) is 22.1. The summed E-state index contributed by atoms with van der Waals surface area (Å²) in [5.41, 5.74) is -1.50. The molecule has 0 spiro atoms. The van der Waals surface area contributed by atoms with E-state index in [-0.39, 0.29) is 51.4 Å². The molecule has 16 nitrogen and oxygen atoms in total. The summed E-state index contributed by atoms with van der Waals surface area (Å²) in [7, 11) is 2.54. The number of rotatable bonds is 10. The molecule has 63 heavy (non-hydrogen) atoms. The molecule has 0 amide bonds. The van der Waals surface area contributed by atoms with Gasteiger partial charge in [-0.1, -0.05) is 77.0 Å². The van der Waals surface area contributed by atoms with Gasteiger partial charge < -0.3 is 53.2 Å². The van der Waals surface area contributed by atoms with Gasteiger partial charge in [0.1, 0.15) is 24.4 Å². The van der Waals surface area contributed by atoms with Gasteiger partial charge in [-0.25, -0.2) is 9.59 Å². The van der Waals surface area contributed by atoms with Crippen molar-refractivity contribution in [2.45, 2.75) is 186 Å². The number of carbonyl (C=O) groups is 5. The van der Waals surface area contributed by atoms with Crippen LogP contribution in [0.4, 0.5) is 0 Å². The number of hydrogen-bond acceptors (Lipinski definition) is 16. The van der Waals surface area contributed by atoms with Crippen molar-refractivity contribution in [2.24, 2.45) is 16.7 Å². The van der Waals surface area contributed by atoms with Gasteiger partial charge in [0, 0.05) is 56.1 Å². The molecule has 1 unspecified atom stereocenters. The van der Waals surface area contributed by atoms with Gasteiger partial charge in [-0.05, 0) is 32.6 Å². The van der Waals surface area contributed by atoms with Gasteiger partial charge in [-0.3, -0.25) is 14.4 Å². The molecule has 3 N–H and O–H groups in total. The van der Waals surface area contributed by atoms with Gasteiger partial charge in [0.25, 0.3) is 0 Å². The van der Waals surface area contributed by atoms with Crippen LogP contribution >= 0.6 is 0 Å². The standard InChI is InChI=1S/C47H70O16/c1-10-11-12-13-14-15-39(51)62-43-31(22-41(53)57-9)21-34-25-37(28(2)48)61-42(54)24-32(50)23-35-26-38(58-29(3)49)46(6,7)47(55,63-35)27-36-19-30(20-40(52)56-8)18-33(59-36)16-17-45(4,5)44(43)60-34/h12-17,20,28,31-38,43-44,48,50,55H,10-11,18-19,21-27H2,1-9H3/t28-,31+,32-,33+,34+,35+,36+,37-,38+,43+,44?,47+/m1/s1. The number of methoxy groups -OCH3 is 2. The highest BCUT2D eigenvalue weighted by Crippen LogP contribution is 2.49. The van der Waals surface area contributed by atoms with Crippen molar-refractivity contribution in [3.63, 3.8) is 0 Å². The Labute approximate surface area is 371 Å². The number of esters is 5. The van der Waals surface area contributed by atoms with E-state index < -0.39 is 120 Å². The normalized spacial score (nSPS) is 35.0. The van der Waals surface area contributed by atoms with E-state index in [2.05, 4.69) is 0 Å². The van der Waals surface area contributed by atoms with Crippen LogP contribution in [-0.2, 0) is 61.9 Å². The zero-order chi connectivity index (χ0) is 46.7. The third kappa shape index (κ3) is 14.5. The molecule has 16 heteroatoms. The van der Waals surface area contributed by atoms with Crippen LogP contribution in [-0.4, -0.2) is 126 Å². The fraction of sp³-hybridized carbons (Fsp3) is 0.723. The largest absolute Gasteiger partial charge is 0.469 e. The fourth-order valence-corrected chi connectivity index (χ4v) is 8.94. The Balaban J connectivity index is 1.83. The Morgan fingerprint density at radius 1 is 0.921 bits per heavy atom. The SMILES string of the molecule is CCCC=CC=CC(=O)O[C@@H]1C2O[C@@H](C[C@H]1CC(=O)OC)C[C@H]([C@@H](C)O)OC(=O)C[C@H](O)C[C@H]1C[C@H](OC(C)=O)C(C)(C)[C@](O)(C[C@@H]3CC(=CC(=O)OC)C[C@H](C=CC2(C)C)O3)O1. The molecule has 0 aromatic carbocycles. The first-order valence-corrected chi connectivity index (χ1v) is 22.1. The lowest BCUT2D eigenvalue weighted by Crippen LogP contribution is -2.62. The van der Waals surface area contributed by atoms with Gasteiger partial charge in [-0.15, -0.1) is 0 Å². The zero-order valence-corrected chi connectivity index (χ0v) is 38.3. The number of aliphatic hydroxyl groups excluding tert-OH is 2. The third-order valence-electron chi connectivity index (χ3n) is 12.5. The van der Waals surface area contributed by atoms with E-state index >= 15 is 0 Å². The number of ether oxygens (including phenoxy) is 8. The van der Waals surface area contributed by atoms with Crippen molar-refractivity contribution >= 4 is 29.8 Å². The summed E-state index contributed by atoms with van der Waals surface area (Å²) in [4.78, 5) is 64.7. The van der Waals surface area contributed by atoms with Crippen molar-refractivity contribution in [3.05, 3.63) is 48.1 Å². The lowest BCUT2D eigenvalue weighted by Gasteiger charge is -2.53. The zero-order valence-electron chi connectivity index (χ0n) is 38.3. The Morgan fingerprint density at radius 3 is 2.30 bits per heavy atom. The average molecular weight is 891 g/mol. The van der Waals surface area contributed by atoms with Crippen LogP contribution in [0.25, 0.3) is 0 Å². The van der Waals surface area contributed by atoms with Crippen molar-refractivity contribution in [1.82, 2.24) is 0 Å². The predicted molar refractivity (Wildman–Crippen MR) is 227 cm³/mol. The maximum atomic E-state index is 13.4. The van der Waals surface area contributed by atoms with Gasteiger partial charge in [0.2, 0.25) is 0 Å². The Morgan fingerprint density at radius 2 is 1.65 bits per heavy atom. The van der Waals surface area contributed by atoms with Crippen LogP contribution in [0.1, 0.15) is 119 Å². The summed E-state index contributed by atoms with van der Waals surface area (Å²) in [5, 5.41) is 34.6. The summed E-state index contributed by atoms with van der Waals surface area (Å²) < 4.78 is 47.5. The lowest BCUT2D eigenvalue weighted by molar-refractivity contribution is -0.348. The molecule has 4 aliphatic heterocycles. The van der Waals surface area contributed by atoms with Gasteiger partial charge >= 0.3 is 29.8 Å². The summed E-state index contributed by atoms with van der Waals surface area (Å²) in [5.74, 6) is -5.78. The van der Waals surface area contributed by atoms with Crippen molar-refractivity contribution < 1.29 is 77.2 Å². The molecule has 4 aliphatic rings. The van der Waals surface area contributed by atoms with Crippen LogP contribution in [0.3, 0.4) is 0 Å². The number of cyclic esters (lactones) is 1. The molecular weight excluding hydrogens is 821 g/mol. The minimum absolute atomic E-state index is 0.0106. The maximum Gasteiger partial charge on any atom is 0.331 e. The smallest absolute Gasteiger partial charge is 0.331 e. The maximum absolute atomic E-state index is 13.4. The van der Waals surface area contributed by atoms with E-state index in [1.54, 1.807) is 26.0 Å². The highest BCUT2D eigenvalue weighted by atomic mass is 16.6. The fourth-order valence-electron chi connectivity index (χ4n) is 8.94. The molecular formula is C47H70O16. The first kappa shape index (κ1) is 51.7. The Bertz CT molecular complexity index is 1710. The van der Waals surface area contributed by atoms with Crippen LogP contribution in [0, 0.1) is 16.7 Å². The molecule has 0 aromatic heterocycles. The van der Waals surface area contributed by atoms with Gasteiger partial charge in [0.05, 0.1) is 69.1 Å². The second-order valence-electron chi connectivity index (χ2n) is 18.5. The molecule has 0 radical (unpaired) electrons. The monoisotopic (exact) mass is 890 g/mol. The van der Waals surface area contributed by atoms with E-state index in [1.165, 1.54) is 40.2 Å². The number of hydrogen-bond donors (Lipinski definition) is 3. The average Bonchev–Trinajstić information content (AvgIpc) is 3.18. The molecule has 4 heterocycles. The number of aliphatic hydroxyl groups is 3. The van der Waals surface area contributed by atoms with Crippen LogP contribution in [0.15, 0.2) is 48.1 Å². The predicted octanol–water partition coefficient (Wildman–Crippen LogP) is 5.04. The van der Waals surface area contributed by atoms with Crippen molar-refractivity contribution in [1.29, 1.82) is 0 Å². The first-order chi connectivity index (χ1) is 29.6. The molecule has 3 fully saturated rings. The summed E-state index contributed by atoms with van der Waals surface area (Å²) in [6.07, 6.45) is 3.88. The van der Waals surface area contributed by atoms with E-state index in [4.69, 9.17) is 37.9 Å². The van der Waals surface area contributed by atoms with E-state index in [9.17, 15) is 39.3 Å². The quantitative estimate of drug-likeness (QED) is 0.0860. The lowest BCUT2D eigenvalue weighted by atomic mass is 9.70. The third-order valence-corrected chi connectivity index (χ3v) is 12.5. The second-order valence-corrected chi connectivity index (χ2v) is 18.5. The van der Waals surface area contributed by atoms with Crippen LogP contribution in [0.2, 0.25) is 0 Å². The minimum Gasteiger partial charge on any atom is -0.469 e. The molecule has 3 saturated heterocycles. The van der Waals surface area contributed by atoms with Crippen LogP contribution < -0.4 is 0 Å². The number of allylic oxidation sites excluding steroid dienone is 3. The number of fused-ring (bicyclic) bond motifs is 6. The molecule has 0 aromatic rings. The topological polar surface area (TPSA) is 220 Å². The Kier molecular flexibility index (Phi) is 18.7. The highest BCUT2D eigenvalue weighted by molar-refractivity contribution is 5.83. The molecule has 0 saturated carbocycles. The van der Waals surface area contributed by atoms with E-state index in [1.807, 2.05) is 39.0 Å². The van der Waals surface area contributed by atoms with E-state index in [0.717, 1.165) is 12.8 Å². The number of carbonyl (C=O) groups excluding carboxylic acids is 5. The molecule has 4 rings (SSSR count). The number of unbranched alkanes of at least 4 members (excludes halogenated alkanes) is 1. The van der Waals surface area contributed by atoms with Crippen LogP contribution in [0.5, 0.6) is 0 Å². The molecule has 6 bridgehead atoms.